The number of hydrogen-bond donors (Lipinski definition) is 0. The van der Waals surface area contributed by atoms with E-state index in [2.05, 4.69) is 0 Å². The molecule has 0 saturated heterocycles. The minimum absolute atomic E-state index is 0.0122. The molecule has 0 radical (unpaired) electrons. The highest BCUT2D eigenvalue weighted by atomic mass is 32.1. The summed E-state index contributed by atoms with van der Waals surface area (Å²) in [6.07, 6.45) is 1.50. The topological polar surface area (TPSA) is 65.4 Å². The van der Waals surface area contributed by atoms with Gasteiger partial charge in [-0.05, 0) is 26.8 Å². The number of pyridine rings is 1. The van der Waals surface area contributed by atoms with Gasteiger partial charge in [-0.3, -0.25) is 9.59 Å². The van der Waals surface area contributed by atoms with Crippen LogP contribution in [0.25, 0.3) is 10.2 Å². The van der Waals surface area contributed by atoms with Crippen LogP contribution >= 0.6 is 11.3 Å². The zero-order valence-corrected chi connectivity index (χ0v) is 12.4. The molecule has 5 nitrogen and oxygen atoms in total. The van der Waals surface area contributed by atoms with E-state index in [0.29, 0.717) is 21.6 Å². The van der Waals surface area contributed by atoms with Crippen molar-refractivity contribution in [3.8, 4) is 0 Å². The summed E-state index contributed by atoms with van der Waals surface area (Å²) in [4.78, 5) is 36.1. The number of ether oxygens (including phenoxy) is 1. The summed E-state index contributed by atoms with van der Waals surface area (Å²) in [5.41, 5.74) is 0.319. The Morgan fingerprint density at radius 3 is 2.60 bits per heavy atom. The van der Waals surface area contributed by atoms with Gasteiger partial charge >= 0.3 is 5.97 Å². The van der Waals surface area contributed by atoms with E-state index < -0.39 is 5.97 Å². The van der Waals surface area contributed by atoms with E-state index in [4.69, 9.17) is 4.74 Å². The molecule has 0 saturated carbocycles. The van der Waals surface area contributed by atoms with Gasteiger partial charge in [-0.1, -0.05) is 0 Å². The van der Waals surface area contributed by atoms with Gasteiger partial charge in [0.05, 0.1) is 21.7 Å². The van der Waals surface area contributed by atoms with Crippen LogP contribution in [-0.4, -0.2) is 22.9 Å². The number of Topliss-reactive ketones (excluding diaryl/α,β-unsaturated/α-hetero) is 1. The first kappa shape index (κ1) is 14.5. The Balaban J connectivity index is 2.74. The largest absolute Gasteiger partial charge is 0.462 e. The van der Waals surface area contributed by atoms with E-state index in [1.807, 2.05) is 6.92 Å². The standard InChI is InChI=1S/C14H15NO4S/c1-4-15-7-9(14(18)19-5-2)12(17)13-10(15)6-11(20-13)8(3)16/h6-7H,4-5H2,1-3H3. The molecule has 0 atom stereocenters. The lowest BCUT2D eigenvalue weighted by molar-refractivity contribution is 0.0524. The monoisotopic (exact) mass is 293 g/mol. The van der Waals surface area contributed by atoms with Crippen LogP contribution in [-0.2, 0) is 11.3 Å². The first-order valence-electron chi connectivity index (χ1n) is 6.34. The van der Waals surface area contributed by atoms with Crippen LogP contribution in [0.3, 0.4) is 0 Å². The predicted octanol–water partition coefficient (Wildman–Crippen LogP) is 2.46. The Hall–Kier alpha value is -1.95. The quantitative estimate of drug-likeness (QED) is 0.641. The van der Waals surface area contributed by atoms with Gasteiger partial charge in [0, 0.05) is 12.7 Å². The molecule has 0 N–H and O–H groups in total. The lowest BCUT2D eigenvalue weighted by Gasteiger charge is -2.08. The highest BCUT2D eigenvalue weighted by Gasteiger charge is 2.19. The number of fused-ring (bicyclic) bond motifs is 1. The molecular weight excluding hydrogens is 278 g/mol. The van der Waals surface area contributed by atoms with E-state index in [1.165, 1.54) is 13.1 Å². The summed E-state index contributed by atoms with van der Waals surface area (Å²) in [6.45, 7) is 5.86. The van der Waals surface area contributed by atoms with Crippen LogP contribution in [0.2, 0.25) is 0 Å². The average molecular weight is 293 g/mol. The molecule has 0 aromatic carbocycles. The summed E-state index contributed by atoms with van der Waals surface area (Å²) in [5, 5.41) is 0. The lowest BCUT2D eigenvalue weighted by atomic mass is 10.2. The molecule has 0 aliphatic carbocycles. The molecule has 2 aromatic rings. The first-order chi connectivity index (χ1) is 9.49. The molecule has 2 heterocycles. The fourth-order valence-electron chi connectivity index (χ4n) is 1.95. The van der Waals surface area contributed by atoms with Crippen molar-refractivity contribution < 1.29 is 14.3 Å². The second-order valence-corrected chi connectivity index (χ2v) is 5.31. The number of carbonyl (C=O) groups is 2. The predicted molar refractivity (Wildman–Crippen MR) is 77.7 cm³/mol. The van der Waals surface area contributed by atoms with Crippen LogP contribution in [0.1, 0.15) is 40.8 Å². The Bertz CT molecular complexity index is 741. The summed E-state index contributed by atoms with van der Waals surface area (Å²) in [7, 11) is 0. The van der Waals surface area contributed by atoms with Crippen molar-refractivity contribution in [2.75, 3.05) is 6.61 Å². The molecule has 106 valence electrons. The summed E-state index contributed by atoms with van der Waals surface area (Å²) in [6, 6.07) is 1.70. The van der Waals surface area contributed by atoms with E-state index in [1.54, 1.807) is 17.6 Å². The van der Waals surface area contributed by atoms with Crippen LogP contribution in [0, 0.1) is 0 Å². The number of aryl methyl sites for hydroxylation is 1. The zero-order chi connectivity index (χ0) is 14.9. The highest BCUT2D eigenvalue weighted by molar-refractivity contribution is 7.20. The van der Waals surface area contributed by atoms with Crippen molar-refractivity contribution in [1.82, 2.24) is 4.57 Å². The number of carbonyl (C=O) groups excluding carboxylic acids is 2. The molecule has 0 bridgehead atoms. The van der Waals surface area contributed by atoms with E-state index in [0.717, 1.165) is 11.3 Å². The second kappa shape index (κ2) is 5.58. The van der Waals surface area contributed by atoms with Crippen molar-refractivity contribution in [3.63, 3.8) is 0 Å². The molecule has 0 aliphatic heterocycles. The van der Waals surface area contributed by atoms with Gasteiger partial charge in [0.15, 0.2) is 5.78 Å². The summed E-state index contributed by atoms with van der Waals surface area (Å²) >= 11 is 1.12. The molecule has 2 aromatic heterocycles. The van der Waals surface area contributed by atoms with E-state index >= 15 is 0 Å². The van der Waals surface area contributed by atoms with Crippen LogP contribution in [0.4, 0.5) is 0 Å². The average Bonchev–Trinajstić information content (AvgIpc) is 2.85. The molecule has 2 rings (SSSR count). The van der Waals surface area contributed by atoms with Gasteiger partial charge in [-0.25, -0.2) is 4.79 Å². The smallest absolute Gasteiger partial charge is 0.343 e. The van der Waals surface area contributed by atoms with Crippen LogP contribution < -0.4 is 5.43 Å². The summed E-state index contributed by atoms with van der Waals surface area (Å²) in [5.74, 6) is -0.717. The van der Waals surface area contributed by atoms with E-state index in [-0.39, 0.29) is 23.4 Å². The number of rotatable bonds is 4. The maximum Gasteiger partial charge on any atom is 0.343 e. The van der Waals surface area contributed by atoms with E-state index in [9.17, 15) is 14.4 Å². The SMILES string of the molecule is CCOC(=O)c1cn(CC)c2cc(C(C)=O)sc2c1=O. The molecular formula is C14H15NO4S. The van der Waals surface area contributed by atoms with Crippen LogP contribution in [0.15, 0.2) is 17.1 Å². The third-order valence-electron chi connectivity index (χ3n) is 2.94. The van der Waals surface area contributed by atoms with Crippen LogP contribution in [0.5, 0.6) is 0 Å². The number of nitrogens with zero attached hydrogens (tertiary/aromatic N) is 1. The minimum atomic E-state index is -0.626. The Morgan fingerprint density at radius 2 is 2.05 bits per heavy atom. The Kier molecular flexibility index (Phi) is 4.04. The Labute approximate surface area is 119 Å². The zero-order valence-electron chi connectivity index (χ0n) is 11.6. The van der Waals surface area contributed by atoms with Gasteiger partial charge in [-0.15, -0.1) is 11.3 Å². The summed E-state index contributed by atoms with van der Waals surface area (Å²) < 4.78 is 7.10. The van der Waals surface area contributed by atoms with Gasteiger partial charge < -0.3 is 9.30 Å². The minimum Gasteiger partial charge on any atom is -0.462 e. The highest BCUT2D eigenvalue weighted by Crippen LogP contribution is 2.24. The number of esters is 1. The third kappa shape index (κ3) is 2.38. The van der Waals surface area contributed by atoms with Gasteiger partial charge in [-0.2, -0.15) is 0 Å². The maximum atomic E-state index is 12.3. The van der Waals surface area contributed by atoms with Crippen molar-refractivity contribution >= 4 is 33.3 Å². The second-order valence-electron chi connectivity index (χ2n) is 4.26. The Morgan fingerprint density at radius 1 is 1.35 bits per heavy atom. The normalized spacial score (nSPS) is 10.8. The molecule has 0 amide bonds. The van der Waals surface area contributed by atoms with Crippen molar-refractivity contribution in [2.24, 2.45) is 0 Å². The van der Waals surface area contributed by atoms with Gasteiger partial charge in [0.2, 0.25) is 5.43 Å². The van der Waals surface area contributed by atoms with Gasteiger partial charge in [0.25, 0.3) is 0 Å². The van der Waals surface area contributed by atoms with Crippen molar-refractivity contribution in [2.45, 2.75) is 27.3 Å². The number of aromatic nitrogens is 1. The van der Waals surface area contributed by atoms with Gasteiger partial charge in [0.1, 0.15) is 5.56 Å². The number of ketones is 1. The number of thiophene rings is 1. The fraction of sp³-hybridized carbons (Fsp3) is 0.357. The molecule has 0 unspecified atom stereocenters. The van der Waals surface area contributed by atoms with Crippen molar-refractivity contribution in [1.29, 1.82) is 0 Å². The molecule has 0 aliphatic rings. The molecule has 0 spiro atoms. The first-order valence-corrected chi connectivity index (χ1v) is 7.16. The molecule has 0 fully saturated rings. The fourth-order valence-corrected chi connectivity index (χ4v) is 2.97. The third-order valence-corrected chi connectivity index (χ3v) is 4.16. The molecule has 20 heavy (non-hydrogen) atoms. The lowest BCUT2D eigenvalue weighted by Crippen LogP contribution is -2.19. The van der Waals surface area contributed by atoms with Crippen molar-refractivity contribution in [3.05, 3.63) is 32.9 Å². The maximum absolute atomic E-state index is 12.3. The molecule has 6 heteroatoms. The number of hydrogen-bond acceptors (Lipinski definition) is 5.